The number of nitrogens with zero attached hydrogens (tertiary/aromatic N) is 6. The summed E-state index contributed by atoms with van der Waals surface area (Å²) >= 11 is 0. The summed E-state index contributed by atoms with van der Waals surface area (Å²) in [6.07, 6.45) is 0. The molecule has 152 valence electrons. The Bertz CT molecular complexity index is 1220. The van der Waals surface area contributed by atoms with Crippen LogP contribution in [0.5, 0.6) is 0 Å². The van der Waals surface area contributed by atoms with Crippen LogP contribution in [-0.2, 0) is 25.4 Å². The highest BCUT2D eigenvalue weighted by molar-refractivity contribution is 6.02. The molecule has 0 aliphatic carbocycles. The first-order valence-corrected chi connectivity index (χ1v) is 9.27. The lowest BCUT2D eigenvalue weighted by molar-refractivity contribution is 0.153. The minimum absolute atomic E-state index is 0.274. The average molecular weight is 400 g/mol. The Balaban J connectivity index is 1.90. The van der Waals surface area contributed by atoms with Crippen LogP contribution in [-0.4, -0.2) is 44.2 Å². The Hall–Kier alpha value is -3.27. The first-order chi connectivity index (χ1) is 13.9. The molecule has 9 nitrogen and oxygen atoms in total. The number of hydrazone groups is 1. The number of rotatable bonds is 5. The lowest BCUT2D eigenvalue weighted by Crippen LogP contribution is -2.38. The van der Waals surface area contributed by atoms with E-state index in [1.165, 1.54) is 23.7 Å². The molecular weight excluding hydrogens is 379 g/mol. The monoisotopic (exact) mass is 400 g/mol. The molecule has 0 bridgehead atoms. The molecule has 0 N–H and O–H groups in total. The van der Waals surface area contributed by atoms with Crippen LogP contribution < -0.4 is 16.3 Å². The Kier molecular flexibility index (Phi) is 4.79. The highest BCUT2D eigenvalue weighted by Gasteiger charge is 2.27. The third-order valence-corrected chi connectivity index (χ3v) is 4.94. The van der Waals surface area contributed by atoms with E-state index in [0.29, 0.717) is 42.6 Å². The smallest absolute Gasteiger partial charge is 0.332 e. The molecule has 4 rings (SSSR count). The quantitative estimate of drug-likeness (QED) is 0.593. The molecule has 0 saturated heterocycles. The number of hydrogen-bond acceptors (Lipinski definition) is 6. The van der Waals surface area contributed by atoms with Gasteiger partial charge in [0.2, 0.25) is 5.95 Å². The molecule has 1 aromatic carbocycles. The van der Waals surface area contributed by atoms with Gasteiger partial charge >= 0.3 is 5.69 Å². The second-order valence-corrected chi connectivity index (χ2v) is 6.75. The van der Waals surface area contributed by atoms with Gasteiger partial charge in [0.25, 0.3) is 5.56 Å². The van der Waals surface area contributed by atoms with Gasteiger partial charge in [-0.3, -0.25) is 18.5 Å². The molecule has 0 atom stereocenters. The van der Waals surface area contributed by atoms with Crippen LogP contribution in [0.3, 0.4) is 0 Å². The summed E-state index contributed by atoms with van der Waals surface area (Å²) in [5.41, 5.74) is 1.14. The van der Waals surface area contributed by atoms with Crippen molar-refractivity contribution < 1.29 is 9.13 Å². The van der Waals surface area contributed by atoms with Crippen molar-refractivity contribution in [2.75, 3.05) is 24.8 Å². The van der Waals surface area contributed by atoms with E-state index in [1.807, 2.05) is 6.92 Å². The van der Waals surface area contributed by atoms with Crippen LogP contribution in [0.25, 0.3) is 11.2 Å². The van der Waals surface area contributed by atoms with Crippen molar-refractivity contribution in [3.8, 4) is 0 Å². The van der Waals surface area contributed by atoms with Crippen LogP contribution in [0.15, 0.2) is 39.0 Å². The summed E-state index contributed by atoms with van der Waals surface area (Å²) in [4.78, 5) is 29.7. The molecule has 0 unspecified atom stereocenters. The SMILES string of the molecule is CCOCCN1N=C(c2ccc(F)cc2)Cn2c1nc1c2c(=O)n(C)c(=O)n1C. The molecule has 0 radical (unpaired) electrons. The standard InChI is InChI=1S/C19H21FN6O3/c1-4-29-10-9-26-18-21-16-15(17(27)24(3)19(28)23(16)2)25(18)11-14(22-26)12-5-7-13(20)8-6-12/h5-8H,4,9-11H2,1-3H3. The van der Waals surface area contributed by atoms with Crippen LogP contribution >= 0.6 is 0 Å². The summed E-state index contributed by atoms with van der Waals surface area (Å²) in [6, 6.07) is 6.03. The number of fused-ring (bicyclic) bond motifs is 3. The largest absolute Gasteiger partial charge is 0.380 e. The minimum Gasteiger partial charge on any atom is -0.380 e. The van der Waals surface area contributed by atoms with Crippen LogP contribution in [0.1, 0.15) is 12.5 Å². The zero-order valence-corrected chi connectivity index (χ0v) is 16.4. The maximum atomic E-state index is 13.4. The van der Waals surface area contributed by atoms with Gasteiger partial charge < -0.3 is 4.74 Å². The van der Waals surface area contributed by atoms with Crippen molar-refractivity contribution >= 4 is 22.8 Å². The molecule has 1 aliphatic heterocycles. The third-order valence-electron chi connectivity index (χ3n) is 4.94. The molecule has 0 spiro atoms. The van der Waals surface area contributed by atoms with Crippen LogP contribution in [0.4, 0.5) is 10.3 Å². The van der Waals surface area contributed by atoms with Crippen LogP contribution in [0.2, 0.25) is 0 Å². The fraction of sp³-hybridized carbons (Fsp3) is 0.368. The molecule has 3 heterocycles. The molecule has 10 heteroatoms. The number of imidazole rings is 1. The van der Waals surface area contributed by atoms with E-state index in [2.05, 4.69) is 10.1 Å². The summed E-state index contributed by atoms with van der Waals surface area (Å²) in [7, 11) is 3.02. The molecule has 0 saturated carbocycles. The zero-order valence-electron chi connectivity index (χ0n) is 16.4. The highest BCUT2D eigenvalue weighted by Crippen LogP contribution is 2.25. The van der Waals surface area contributed by atoms with Crippen molar-refractivity contribution in [1.29, 1.82) is 0 Å². The second-order valence-electron chi connectivity index (χ2n) is 6.75. The molecular formula is C19H21FN6O3. The Morgan fingerprint density at radius 3 is 2.55 bits per heavy atom. The first kappa shape index (κ1) is 19.1. The number of aryl methyl sites for hydroxylation is 1. The van der Waals surface area contributed by atoms with Gasteiger partial charge in [-0.25, -0.2) is 14.2 Å². The van der Waals surface area contributed by atoms with E-state index < -0.39 is 11.2 Å². The fourth-order valence-corrected chi connectivity index (χ4v) is 3.39. The molecule has 0 fully saturated rings. The van der Waals surface area contributed by atoms with Crippen molar-refractivity contribution in [3.63, 3.8) is 0 Å². The van der Waals surface area contributed by atoms with Crippen molar-refractivity contribution in [2.45, 2.75) is 13.5 Å². The number of benzene rings is 1. The van der Waals surface area contributed by atoms with Gasteiger partial charge in [-0.1, -0.05) is 12.1 Å². The molecule has 1 aliphatic rings. The summed E-state index contributed by atoms with van der Waals surface area (Å²) in [6.45, 7) is 3.56. The molecule has 0 amide bonds. The highest BCUT2D eigenvalue weighted by atomic mass is 19.1. The number of halogens is 1. The van der Waals surface area contributed by atoms with Gasteiger partial charge in [0.15, 0.2) is 11.2 Å². The normalized spacial score (nSPS) is 13.7. The van der Waals surface area contributed by atoms with Crippen molar-refractivity contribution in [2.24, 2.45) is 19.2 Å². The zero-order chi connectivity index (χ0) is 20.7. The van der Waals surface area contributed by atoms with Gasteiger partial charge in [-0.15, -0.1) is 0 Å². The molecule has 3 aromatic rings. The van der Waals surface area contributed by atoms with E-state index in [1.54, 1.807) is 28.8 Å². The summed E-state index contributed by atoms with van der Waals surface area (Å²) in [5.74, 6) is 0.125. The van der Waals surface area contributed by atoms with Gasteiger partial charge in [-0.2, -0.15) is 10.1 Å². The third kappa shape index (κ3) is 3.15. The average Bonchev–Trinajstić information content (AvgIpc) is 3.11. The predicted octanol–water partition coefficient (Wildman–Crippen LogP) is 0.834. The summed E-state index contributed by atoms with van der Waals surface area (Å²) < 4.78 is 23.0. The first-order valence-electron chi connectivity index (χ1n) is 9.27. The van der Waals surface area contributed by atoms with Crippen LogP contribution in [0, 0.1) is 5.82 Å². The number of anilines is 1. The van der Waals surface area contributed by atoms with E-state index in [9.17, 15) is 14.0 Å². The van der Waals surface area contributed by atoms with Gasteiger partial charge in [0.05, 0.1) is 25.4 Å². The van der Waals surface area contributed by atoms with Gasteiger partial charge in [-0.05, 0) is 24.6 Å². The number of hydrogen-bond donors (Lipinski definition) is 0. The summed E-state index contributed by atoms with van der Waals surface area (Å²) in [5, 5.41) is 6.32. The minimum atomic E-state index is -0.446. The van der Waals surface area contributed by atoms with E-state index in [0.717, 1.165) is 10.1 Å². The Morgan fingerprint density at radius 1 is 1.14 bits per heavy atom. The second kappa shape index (κ2) is 7.28. The Labute approximate surface area is 165 Å². The topological polar surface area (TPSA) is 86.7 Å². The fourth-order valence-electron chi connectivity index (χ4n) is 3.39. The van der Waals surface area contributed by atoms with Crippen molar-refractivity contribution in [3.05, 3.63) is 56.5 Å². The number of ether oxygens (including phenoxy) is 1. The lowest BCUT2D eigenvalue weighted by Gasteiger charge is -2.26. The van der Waals surface area contributed by atoms with E-state index in [-0.39, 0.29) is 12.4 Å². The molecule has 29 heavy (non-hydrogen) atoms. The molecule has 2 aromatic heterocycles. The van der Waals surface area contributed by atoms with Gasteiger partial charge in [0, 0.05) is 20.7 Å². The van der Waals surface area contributed by atoms with Crippen molar-refractivity contribution in [1.82, 2.24) is 18.7 Å². The Morgan fingerprint density at radius 2 is 1.86 bits per heavy atom. The predicted molar refractivity (Wildman–Crippen MR) is 107 cm³/mol. The van der Waals surface area contributed by atoms with E-state index >= 15 is 0 Å². The maximum Gasteiger partial charge on any atom is 0.332 e. The van der Waals surface area contributed by atoms with Gasteiger partial charge in [0.1, 0.15) is 5.82 Å². The van der Waals surface area contributed by atoms with E-state index in [4.69, 9.17) is 4.74 Å². The number of aromatic nitrogens is 4. The lowest BCUT2D eigenvalue weighted by atomic mass is 10.1. The maximum absolute atomic E-state index is 13.4.